The van der Waals surface area contributed by atoms with E-state index in [1.807, 2.05) is 0 Å². The summed E-state index contributed by atoms with van der Waals surface area (Å²) in [4.78, 5) is 21.4. The molecule has 0 heterocycles. The molecule has 0 unspecified atom stereocenters. The Morgan fingerprint density at radius 2 is 2.14 bits per heavy atom. The molecule has 0 bridgehead atoms. The molecule has 1 N–H and O–H groups in total. The average Bonchev–Trinajstić information content (AvgIpc) is 3.28. The van der Waals surface area contributed by atoms with Crippen molar-refractivity contribution in [2.75, 3.05) is 13.7 Å². The number of carbonyl (C=O) groups excluding carboxylic acids is 1. The largest absolute Gasteiger partial charge is 0.465 e. The Balaban J connectivity index is 2.40. The maximum atomic E-state index is 12.2. The minimum Gasteiger partial charge on any atom is -0.465 e. The Morgan fingerprint density at radius 1 is 1.48 bits per heavy atom. The fraction of sp³-hybridized carbons (Fsp3) is 0.417. The highest BCUT2D eigenvalue weighted by Crippen LogP contribution is 2.29. The fourth-order valence-corrected chi connectivity index (χ4v) is 3.05. The van der Waals surface area contributed by atoms with Gasteiger partial charge in [0.1, 0.15) is 0 Å². The van der Waals surface area contributed by atoms with Crippen LogP contribution in [0.4, 0.5) is 5.69 Å². The highest BCUT2D eigenvalue weighted by atomic mass is 32.2. The van der Waals surface area contributed by atoms with Gasteiger partial charge < -0.3 is 4.74 Å². The molecular weight excluding hydrogens is 300 g/mol. The van der Waals surface area contributed by atoms with Gasteiger partial charge in [0.2, 0.25) is 10.0 Å². The first-order valence-electron chi connectivity index (χ1n) is 6.21. The Morgan fingerprint density at radius 3 is 2.67 bits per heavy atom. The van der Waals surface area contributed by atoms with Crippen molar-refractivity contribution in [3.63, 3.8) is 0 Å². The van der Waals surface area contributed by atoms with Crippen LogP contribution in [0.2, 0.25) is 0 Å². The second-order valence-corrected chi connectivity index (χ2v) is 6.46. The topological polar surface area (TPSA) is 116 Å². The number of nitrogens with zero attached hydrogens (tertiary/aromatic N) is 1. The summed E-state index contributed by atoms with van der Waals surface area (Å²) in [5.41, 5.74) is -0.730. The predicted molar refractivity (Wildman–Crippen MR) is 72.3 cm³/mol. The van der Waals surface area contributed by atoms with Crippen molar-refractivity contribution in [2.24, 2.45) is 5.92 Å². The predicted octanol–water partition coefficient (Wildman–Crippen LogP) is 1.07. The number of carbonyl (C=O) groups is 1. The Kier molecular flexibility index (Phi) is 4.24. The third-order valence-corrected chi connectivity index (χ3v) is 4.61. The van der Waals surface area contributed by atoms with Gasteiger partial charge in [-0.3, -0.25) is 10.1 Å². The summed E-state index contributed by atoms with van der Waals surface area (Å²) in [6.45, 7) is 0.292. The number of nitro benzene ring substituents is 1. The molecule has 0 spiro atoms. The minimum atomic E-state index is -3.92. The van der Waals surface area contributed by atoms with E-state index in [-0.39, 0.29) is 16.1 Å². The lowest BCUT2D eigenvalue weighted by Gasteiger charge is -2.10. The number of nitro groups is 1. The maximum absolute atomic E-state index is 12.2. The van der Waals surface area contributed by atoms with Crippen LogP contribution >= 0.6 is 0 Å². The van der Waals surface area contributed by atoms with Crippen molar-refractivity contribution in [3.05, 3.63) is 33.9 Å². The van der Waals surface area contributed by atoms with Gasteiger partial charge in [0.25, 0.3) is 5.69 Å². The van der Waals surface area contributed by atoms with Crippen molar-refractivity contribution >= 4 is 21.7 Å². The molecule has 9 heteroatoms. The summed E-state index contributed by atoms with van der Waals surface area (Å²) < 4.78 is 31.3. The molecule has 0 aliphatic heterocycles. The van der Waals surface area contributed by atoms with E-state index in [0.29, 0.717) is 12.5 Å². The minimum absolute atomic E-state index is 0.292. The fourth-order valence-electron chi connectivity index (χ4n) is 1.76. The maximum Gasteiger partial charge on any atom is 0.339 e. The number of ether oxygens (including phenoxy) is 1. The molecule has 1 saturated carbocycles. The summed E-state index contributed by atoms with van der Waals surface area (Å²) in [6, 6.07) is 2.98. The number of benzene rings is 1. The van der Waals surface area contributed by atoms with Crippen LogP contribution in [0.25, 0.3) is 0 Å². The first-order chi connectivity index (χ1) is 9.85. The zero-order chi connectivity index (χ0) is 15.6. The van der Waals surface area contributed by atoms with Crippen LogP contribution in [0, 0.1) is 16.0 Å². The number of hydrogen-bond acceptors (Lipinski definition) is 6. The summed E-state index contributed by atoms with van der Waals surface area (Å²) >= 11 is 0. The van der Waals surface area contributed by atoms with Crippen LogP contribution in [0.1, 0.15) is 23.2 Å². The van der Waals surface area contributed by atoms with Gasteiger partial charge in [-0.25, -0.2) is 17.9 Å². The van der Waals surface area contributed by atoms with Gasteiger partial charge in [0, 0.05) is 18.7 Å². The smallest absolute Gasteiger partial charge is 0.339 e. The first kappa shape index (κ1) is 15.4. The van der Waals surface area contributed by atoms with E-state index in [1.54, 1.807) is 0 Å². The first-order valence-corrected chi connectivity index (χ1v) is 7.70. The zero-order valence-corrected chi connectivity index (χ0v) is 12.1. The number of methoxy groups -OCH3 is 1. The lowest BCUT2D eigenvalue weighted by Crippen LogP contribution is -2.27. The lowest BCUT2D eigenvalue weighted by atomic mass is 10.2. The summed E-state index contributed by atoms with van der Waals surface area (Å²) in [5.74, 6) is -0.620. The summed E-state index contributed by atoms with van der Waals surface area (Å²) in [6.07, 6.45) is 1.93. The third-order valence-electron chi connectivity index (χ3n) is 3.13. The van der Waals surface area contributed by atoms with Crippen molar-refractivity contribution in [3.8, 4) is 0 Å². The Labute approximate surface area is 121 Å². The van der Waals surface area contributed by atoms with E-state index < -0.39 is 20.9 Å². The molecule has 1 aliphatic carbocycles. The van der Waals surface area contributed by atoms with E-state index in [1.165, 1.54) is 0 Å². The monoisotopic (exact) mass is 314 g/mol. The highest BCUT2D eigenvalue weighted by molar-refractivity contribution is 7.89. The third kappa shape index (κ3) is 3.56. The van der Waals surface area contributed by atoms with E-state index >= 15 is 0 Å². The number of sulfonamides is 1. The molecule has 8 nitrogen and oxygen atoms in total. The van der Waals surface area contributed by atoms with Crippen LogP contribution in [-0.2, 0) is 14.8 Å². The van der Waals surface area contributed by atoms with Gasteiger partial charge >= 0.3 is 5.97 Å². The van der Waals surface area contributed by atoms with Crippen LogP contribution in [0.15, 0.2) is 23.1 Å². The Bertz CT molecular complexity index is 681. The van der Waals surface area contributed by atoms with Crippen molar-refractivity contribution in [1.82, 2.24) is 4.72 Å². The van der Waals surface area contributed by atoms with Gasteiger partial charge in [-0.2, -0.15) is 0 Å². The molecule has 0 amide bonds. The molecule has 1 aliphatic rings. The van der Waals surface area contributed by atoms with E-state index in [4.69, 9.17) is 0 Å². The van der Waals surface area contributed by atoms with Gasteiger partial charge in [0.05, 0.1) is 22.5 Å². The number of nitrogens with one attached hydrogen (secondary N) is 1. The van der Waals surface area contributed by atoms with Gasteiger partial charge in [0.15, 0.2) is 0 Å². The quantitative estimate of drug-likeness (QED) is 0.477. The Hall–Kier alpha value is -2.00. The van der Waals surface area contributed by atoms with E-state index in [0.717, 1.165) is 38.2 Å². The summed E-state index contributed by atoms with van der Waals surface area (Å²) in [7, 11) is -2.84. The lowest BCUT2D eigenvalue weighted by molar-refractivity contribution is -0.384. The highest BCUT2D eigenvalue weighted by Gasteiger charge is 2.28. The van der Waals surface area contributed by atoms with Gasteiger partial charge in [-0.15, -0.1) is 0 Å². The molecule has 1 fully saturated rings. The van der Waals surface area contributed by atoms with E-state index in [2.05, 4.69) is 9.46 Å². The molecule has 2 rings (SSSR count). The van der Waals surface area contributed by atoms with Crippen LogP contribution in [0.5, 0.6) is 0 Å². The average molecular weight is 314 g/mol. The molecule has 0 saturated heterocycles. The van der Waals surface area contributed by atoms with Crippen LogP contribution in [-0.4, -0.2) is 33.0 Å². The zero-order valence-electron chi connectivity index (χ0n) is 11.2. The number of rotatable bonds is 6. The molecule has 1 aromatic carbocycles. The molecule has 0 atom stereocenters. The van der Waals surface area contributed by atoms with Crippen molar-refractivity contribution in [2.45, 2.75) is 17.7 Å². The summed E-state index contributed by atoms with van der Waals surface area (Å²) in [5, 5.41) is 10.7. The molecule has 21 heavy (non-hydrogen) atoms. The SMILES string of the molecule is COC(=O)c1cc([N+](=O)[O-])ccc1S(=O)(=O)NCC1CC1. The van der Waals surface area contributed by atoms with Crippen molar-refractivity contribution < 1.29 is 22.9 Å². The van der Waals surface area contributed by atoms with E-state index in [9.17, 15) is 23.3 Å². The van der Waals surface area contributed by atoms with Crippen LogP contribution in [0.3, 0.4) is 0 Å². The second-order valence-electron chi connectivity index (χ2n) is 4.72. The molecule has 1 aromatic rings. The molecule has 114 valence electrons. The number of hydrogen-bond donors (Lipinski definition) is 1. The number of esters is 1. The normalized spacial score (nSPS) is 14.7. The van der Waals surface area contributed by atoms with Gasteiger partial charge in [-0.1, -0.05) is 0 Å². The van der Waals surface area contributed by atoms with Crippen LogP contribution < -0.4 is 4.72 Å². The molecule has 0 radical (unpaired) electrons. The van der Waals surface area contributed by atoms with Crippen molar-refractivity contribution in [1.29, 1.82) is 0 Å². The van der Waals surface area contributed by atoms with Gasteiger partial charge in [-0.05, 0) is 24.8 Å². The number of non-ortho nitro benzene ring substituents is 1. The standard InChI is InChI=1S/C12H14N2O6S/c1-20-12(15)10-6-9(14(16)17)4-5-11(10)21(18,19)13-7-8-2-3-8/h4-6,8,13H,2-3,7H2,1H3. The second kappa shape index (κ2) is 5.78. The molecular formula is C12H14N2O6S. The molecule has 0 aromatic heterocycles.